The van der Waals surface area contributed by atoms with Crippen LogP contribution in [0, 0.1) is 5.41 Å². The van der Waals surface area contributed by atoms with Gasteiger partial charge in [-0.2, -0.15) is 13.2 Å². The van der Waals surface area contributed by atoms with Gasteiger partial charge in [-0.15, -0.1) is 0 Å². The number of alkyl halides is 3. The molecule has 0 atom stereocenters. The van der Waals surface area contributed by atoms with Gasteiger partial charge in [0.25, 0.3) is 0 Å². The van der Waals surface area contributed by atoms with Crippen molar-refractivity contribution in [1.82, 2.24) is 9.97 Å². The number of benzene rings is 1. The molecule has 2 aliphatic rings. The lowest BCUT2D eigenvalue weighted by Crippen LogP contribution is -2.32. The largest absolute Gasteiger partial charge is 0.492 e. The van der Waals surface area contributed by atoms with E-state index in [1.165, 1.54) is 13.3 Å². The molecule has 180 valence electrons. The maximum atomic E-state index is 13.4. The number of ether oxygens (including phenoxy) is 2. The van der Waals surface area contributed by atoms with Crippen LogP contribution in [0.25, 0.3) is 11.3 Å². The van der Waals surface area contributed by atoms with Crippen molar-refractivity contribution in [3.05, 3.63) is 59.7 Å². The van der Waals surface area contributed by atoms with Crippen molar-refractivity contribution in [2.45, 2.75) is 44.7 Å². The molecule has 0 amide bonds. The SMILES string of the molecule is COC(=O)C(C)(C)COc1ccc(C2=CCC=C(c3ncc(C4(C(F)(F)F)CC4)[nH]3)C=N2)cc1. The van der Waals surface area contributed by atoms with Crippen LogP contribution in [0.1, 0.15) is 50.2 Å². The number of esters is 1. The number of allylic oxidation sites excluding steroid dienone is 3. The second kappa shape index (κ2) is 8.77. The molecule has 0 radical (unpaired) electrons. The van der Waals surface area contributed by atoms with Crippen LogP contribution in [0.4, 0.5) is 13.2 Å². The highest BCUT2D eigenvalue weighted by Crippen LogP contribution is 2.58. The summed E-state index contributed by atoms with van der Waals surface area (Å²) in [4.78, 5) is 23.3. The molecule has 0 saturated heterocycles. The third-order valence-electron chi connectivity index (χ3n) is 6.14. The van der Waals surface area contributed by atoms with E-state index in [1.54, 1.807) is 32.2 Å². The van der Waals surface area contributed by atoms with Crippen molar-refractivity contribution < 1.29 is 27.4 Å². The summed E-state index contributed by atoms with van der Waals surface area (Å²) in [6.45, 7) is 3.67. The topological polar surface area (TPSA) is 76.6 Å². The van der Waals surface area contributed by atoms with Crippen molar-refractivity contribution >= 4 is 23.5 Å². The third-order valence-corrected chi connectivity index (χ3v) is 6.14. The van der Waals surface area contributed by atoms with Gasteiger partial charge in [-0.05, 0) is 57.4 Å². The minimum atomic E-state index is -4.29. The molecule has 1 aliphatic heterocycles. The van der Waals surface area contributed by atoms with E-state index >= 15 is 0 Å². The third kappa shape index (κ3) is 4.64. The number of nitrogens with one attached hydrogen (secondary N) is 1. The highest BCUT2D eigenvalue weighted by atomic mass is 19.4. The summed E-state index contributed by atoms with van der Waals surface area (Å²) in [7, 11) is 1.34. The molecule has 1 N–H and O–H groups in total. The second-order valence-electron chi connectivity index (χ2n) is 9.16. The number of aromatic nitrogens is 2. The minimum Gasteiger partial charge on any atom is -0.492 e. The molecule has 1 aliphatic carbocycles. The zero-order valence-electron chi connectivity index (χ0n) is 19.2. The Balaban J connectivity index is 1.42. The van der Waals surface area contributed by atoms with Crippen molar-refractivity contribution in [1.29, 1.82) is 0 Å². The number of carbonyl (C=O) groups excluding carboxylic acids is 1. The number of methoxy groups -OCH3 is 1. The molecule has 6 nitrogen and oxygen atoms in total. The molecular weight excluding hydrogens is 447 g/mol. The Morgan fingerprint density at radius 2 is 1.85 bits per heavy atom. The Hall–Kier alpha value is -3.36. The first-order valence-electron chi connectivity index (χ1n) is 10.9. The lowest BCUT2D eigenvalue weighted by molar-refractivity contribution is -0.161. The van der Waals surface area contributed by atoms with Crippen LogP contribution in [0.5, 0.6) is 5.75 Å². The van der Waals surface area contributed by atoms with Crippen LogP contribution in [0.15, 0.2) is 47.6 Å². The molecular formula is C25H26F3N3O3. The maximum absolute atomic E-state index is 13.4. The molecule has 9 heteroatoms. The van der Waals surface area contributed by atoms with Crippen molar-refractivity contribution in [2.75, 3.05) is 13.7 Å². The van der Waals surface area contributed by atoms with Gasteiger partial charge in [0.2, 0.25) is 0 Å². The maximum Gasteiger partial charge on any atom is 0.399 e. The summed E-state index contributed by atoms with van der Waals surface area (Å²) in [5, 5.41) is 0. The van der Waals surface area contributed by atoms with E-state index in [0.717, 1.165) is 11.3 Å². The summed E-state index contributed by atoms with van der Waals surface area (Å²) in [6.07, 6.45) is 3.12. The highest BCUT2D eigenvalue weighted by molar-refractivity contribution is 6.10. The van der Waals surface area contributed by atoms with Crippen LogP contribution in [-0.2, 0) is 14.9 Å². The van der Waals surface area contributed by atoms with Gasteiger partial charge in [-0.25, -0.2) is 4.98 Å². The van der Waals surface area contributed by atoms with E-state index in [-0.39, 0.29) is 31.1 Å². The monoisotopic (exact) mass is 473 g/mol. The van der Waals surface area contributed by atoms with E-state index in [4.69, 9.17) is 9.47 Å². The number of imidazole rings is 1. The molecule has 2 aromatic rings. The summed E-state index contributed by atoms with van der Waals surface area (Å²) >= 11 is 0. The molecule has 1 saturated carbocycles. The molecule has 4 rings (SSSR count). The smallest absolute Gasteiger partial charge is 0.399 e. The summed E-state index contributed by atoms with van der Waals surface area (Å²) in [5.74, 6) is 0.639. The standard InChI is InChI=1S/C25H26F3N3O3/c1-23(2,22(32)33-3)15-34-18-9-7-16(8-10-18)19-6-4-5-17(13-29-19)21-30-14-20(31-21)24(11-12-24)25(26,27)28/h5-10,13-14H,4,11-12,15H2,1-3H3,(H,30,31). The summed E-state index contributed by atoms with van der Waals surface area (Å²) in [6, 6.07) is 7.31. The van der Waals surface area contributed by atoms with E-state index in [9.17, 15) is 18.0 Å². The number of rotatable bonds is 7. The average Bonchev–Trinajstić information content (AvgIpc) is 3.55. The minimum absolute atomic E-state index is 0.0802. The van der Waals surface area contributed by atoms with Gasteiger partial charge in [0.15, 0.2) is 0 Å². The number of H-pyrrole nitrogens is 1. The van der Waals surface area contributed by atoms with Crippen LogP contribution < -0.4 is 4.74 Å². The molecule has 0 spiro atoms. The number of carbonyl (C=O) groups is 1. The van der Waals surface area contributed by atoms with E-state index < -0.39 is 17.0 Å². The summed E-state index contributed by atoms with van der Waals surface area (Å²) < 4.78 is 50.7. The van der Waals surface area contributed by atoms with Crippen LogP contribution in [0.3, 0.4) is 0 Å². The van der Waals surface area contributed by atoms with Gasteiger partial charge in [-0.1, -0.05) is 12.2 Å². The quantitative estimate of drug-likeness (QED) is 0.540. The predicted molar refractivity (Wildman–Crippen MR) is 122 cm³/mol. The average molecular weight is 473 g/mol. The normalized spacial score (nSPS) is 17.5. The highest BCUT2D eigenvalue weighted by Gasteiger charge is 2.65. The predicted octanol–water partition coefficient (Wildman–Crippen LogP) is 5.48. The van der Waals surface area contributed by atoms with Crippen LogP contribution >= 0.6 is 0 Å². The number of hydrogen-bond donors (Lipinski definition) is 1. The molecule has 1 fully saturated rings. The molecule has 1 aromatic carbocycles. The Labute approximate surface area is 195 Å². The van der Waals surface area contributed by atoms with Gasteiger partial charge >= 0.3 is 12.1 Å². The van der Waals surface area contributed by atoms with E-state index in [0.29, 0.717) is 23.6 Å². The van der Waals surface area contributed by atoms with E-state index in [1.807, 2.05) is 24.3 Å². The van der Waals surface area contributed by atoms with Gasteiger partial charge in [0.1, 0.15) is 23.6 Å². The number of nitrogens with zero attached hydrogens (tertiary/aromatic N) is 2. The molecule has 0 bridgehead atoms. The first kappa shape index (κ1) is 23.8. The Morgan fingerprint density at radius 3 is 2.47 bits per heavy atom. The molecule has 2 heterocycles. The number of aromatic amines is 1. The number of aliphatic imine (C=N–C) groups is 1. The lowest BCUT2D eigenvalue weighted by Gasteiger charge is -2.21. The zero-order valence-corrected chi connectivity index (χ0v) is 19.2. The van der Waals surface area contributed by atoms with Gasteiger partial charge in [-0.3, -0.25) is 9.79 Å². The molecule has 1 aromatic heterocycles. The Kier molecular flexibility index (Phi) is 6.14. The van der Waals surface area contributed by atoms with Crippen molar-refractivity contribution in [2.24, 2.45) is 10.4 Å². The fourth-order valence-corrected chi connectivity index (χ4v) is 3.75. The molecule has 34 heavy (non-hydrogen) atoms. The number of halogens is 3. The van der Waals surface area contributed by atoms with Crippen LogP contribution in [-0.4, -0.2) is 42.0 Å². The van der Waals surface area contributed by atoms with Gasteiger partial charge < -0.3 is 14.5 Å². The number of hydrogen-bond acceptors (Lipinski definition) is 5. The summed E-state index contributed by atoms with van der Waals surface area (Å²) in [5.41, 5.74) is -0.227. The lowest BCUT2D eigenvalue weighted by atomic mass is 9.95. The molecule has 0 unspecified atom stereocenters. The fraction of sp³-hybridized carbons (Fsp3) is 0.400. The van der Waals surface area contributed by atoms with E-state index in [2.05, 4.69) is 15.0 Å². The second-order valence-corrected chi connectivity index (χ2v) is 9.16. The zero-order chi connectivity index (χ0) is 24.6. The van der Waals surface area contributed by atoms with Crippen LogP contribution in [0.2, 0.25) is 0 Å². The van der Waals surface area contributed by atoms with Gasteiger partial charge in [0.05, 0.1) is 23.9 Å². The van der Waals surface area contributed by atoms with Crippen molar-refractivity contribution in [3.8, 4) is 5.75 Å². The Morgan fingerprint density at radius 1 is 1.15 bits per heavy atom. The Bertz CT molecular complexity index is 1150. The van der Waals surface area contributed by atoms with Crippen molar-refractivity contribution in [3.63, 3.8) is 0 Å². The first-order chi connectivity index (χ1) is 16.1. The fourth-order valence-electron chi connectivity index (χ4n) is 3.75. The first-order valence-corrected chi connectivity index (χ1v) is 10.9. The van der Waals surface area contributed by atoms with Gasteiger partial charge in [0, 0.05) is 23.5 Å².